The fraction of sp³-hybridized carbons (Fsp3) is 0.500. The van der Waals surface area contributed by atoms with E-state index in [1.54, 1.807) is 25.1 Å². The molecule has 7 heteroatoms. The van der Waals surface area contributed by atoms with Gasteiger partial charge >= 0.3 is 0 Å². The quantitative estimate of drug-likeness (QED) is 0.859. The van der Waals surface area contributed by atoms with E-state index in [0.29, 0.717) is 37.5 Å². The number of carbonyl (C=O) groups excluding carboxylic acids is 1. The van der Waals surface area contributed by atoms with Crippen LogP contribution < -0.4 is 5.73 Å². The first-order valence-electron chi connectivity index (χ1n) is 6.97. The Morgan fingerprint density at radius 3 is 2.57 bits per heavy atom. The van der Waals surface area contributed by atoms with Crippen LogP contribution in [0, 0.1) is 6.92 Å². The molecule has 1 aromatic rings. The summed E-state index contributed by atoms with van der Waals surface area (Å²) in [5.74, 6) is -0.384. The molecule has 0 radical (unpaired) electrons. The summed E-state index contributed by atoms with van der Waals surface area (Å²) >= 11 is 0. The largest absolute Gasteiger partial charge is 0.369 e. The Morgan fingerprint density at radius 1 is 1.19 bits per heavy atom. The second kappa shape index (κ2) is 6.55. The third kappa shape index (κ3) is 3.81. The smallest absolute Gasteiger partial charge is 0.243 e. The first-order valence-corrected chi connectivity index (χ1v) is 8.41. The molecule has 0 aliphatic carbocycles. The van der Waals surface area contributed by atoms with E-state index in [4.69, 9.17) is 5.73 Å². The van der Waals surface area contributed by atoms with Crippen LogP contribution in [0.2, 0.25) is 0 Å². The van der Waals surface area contributed by atoms with Gasteiger partial charge < -0.3 is 5.73 Å². The van der Waals surface area contributed by atoms with E-state index in [-0.39, 0.29) is 12.5 Å². The number of nitrogens with two attached hydrogens (primary N) is 1. The monoisotopic (exact) mass is 311 g/mol. The van der Waals surface area contributed by atoms with Crippen molar-refractivity contribution >= 4 is 15.9 Å². The molecule has 21 heavy (non-hydrogen) atoms. The van der Waals surface area contributed by atoms with E-state index >= 15 is 0 Å². The molecule has 0 bridgehead atoms. The lowest BCUT2D eigenvalue weighted by Gasteiger charge is -2.21. The minimum atomic E-state index is -3.48. The molecule has 1 fully saturated rings. The molecule has 0 unspecified atom stereocenters. The van der Waals surface area contributed by atoms with Crippen LogP contribution in [0.5, 0.6) is 0 Å². The molecule has 1 aliphatic rings. The molecule has 6 nitrogen and oxygen atoms in total. The van der Waals surface area contributed by atoms with Gasteiger partial charge in [-0.15, -0.1) is 0 Å². The Balaban J connectivity index is 2.15. The van der Waals surface area contributed by atoms with E-state index in [1.165, 1.54) is 4.31 Å². The maximum absolute atomic E-state index is 12.7. The highest BCUT2D eigenvalue weighted by Gasteiger charge is 2.28. The lowest BCUT2D eigenvalue weighted by molar-refractivity contribution is -0.119. The molecule has 1 heterocycles. The molecule has 0 spiro atoms. The molecule has 1 saturated heterocycles. The maximum Gasteiger partial charge on any atom is 0.243 e. The third-order valence-electron chi connectivity index (χ3n) is 3.64. The van der Waals surface area contributed by atoms with Crippen LogP contribution in [0.25, 0.3) is 0 Å². The summed E-state index contributed by atoms with van der Waals surface area (Å²) < 4.78 is 26.9. The normalized spacial score (nSPS) is 18.3. The number of rotatable bonds is 4. The summed E-state index contributed by atoms with van der Waals surface area (Å²) in [5.41, 5.74) is 5.94. The summed E-state index contributed by atoms with van der Waals surface area (Å²) in [6.07, 6.45) is 0.693. The van der Waals surface area contributed by atoms with Crippen molar-refractivity contribution < 1.29 is 13.2 Å². The Kier molecular flexibility index (Phi) is 4.97. The predicted octanol–water partition coefficient (Wildman–Crippen LogP) is 0.177. The van der Waals surface area contributed by atoms with Gasteiger partial charge in [-0.05, 0) is 31.5 Å². The van der Waals surface area contributed by atoms with Gasteiger partial charge in [-0.25, -0.2) is 8.42 Å². The highest BCUT2D eigenvalue weighted by Crippen LogP contribution is 2.20. The van der Waals surface area contributed by atoms with Crippen LogP contribution in [-0.2, 0) is 14.8 Å². The van der Waals surface area contributed by atoms with Gasteiger partial charge in [0.2, 0.25) is 15.9 Å². The molecule has 0 saturated carbocycles. The van der Waals surface area contributed by atoms with E-state index < -0.39 is 10.0 Å². The second-order valence-corrected chi connectivity index (χ2v) is 7.17. The van der Waals surface area contributed by atoms with Crippen LogP contribution in [0.1, 0.15) is 12.0 Å². The number of sulfonamides is 1. The molecular formula is C14H21N3O3S. The Hall–Kier alpha value is -1.44. The highest BCUT2D eigenvalue weighted by molar-refractivity contribution is 7.89. The number of nitrogens with zero attached hydrogens (tertiary/aromatic N) is 2. The second-order valence-electron chi connectivity index (χ2n) is 5.27. The van der Waals surface area contributed by atoms with E-state index in [1.807, 2.05) is 11.0 Å². The first kappa shape index (κ1) is 15.9. The van der Waals surface area contributed by atoms with Crippen molar-refractivity contribution in [3.05, 3.63) is 29.8 Å². The van der Waals surface area contributed by atoms with Gasteiger partial charge in [0.15, 0.2) is 0 Å². The van der Waals surface area contributed by atoms with Crippen molar-refractivity contribution in [3.8, 4) is 0 Å². The topological polar surface area (TPSA) is 83.7 Å². The van der Waals surface area contributed by atoms with Crippen molar-refractivity contribution in [1.82, 2.24) is 9.21 Å². The Bertz CT molecular complexity index is 616. The zero-order chi connectivity index (χ0) is 15.5. The van der Waals surface area contributed by atoms with Crippen LogP contribution in [0.4, 0.5) is 0 Å². The summed E-state index contributed by atoms with van der Waals surface area (Å²) in [6, 6.07) is 6.99. The molecule has 1 aromatic carbocycles. The van der Waals surface area contributed by atoms with E-state index in [9.17, 15) is 13.2 Å². The van der Waals surface area contributed by atoms with E-state index in [0.717, 1.165) is 5.56 Å². The Labute approximate surface area is 125 Å². The average molecular weight is 311 g/mol. The third-order valence-corrected chi connectivity index (χ3v) is 5.70. The van der Waals surface area contributed by atoms with Gasteiger partial charge in [0.25, 0.3) is 0 Å². The first-order chi connectivity index (χ1) is 9.91. The average Bonchev–Trinajstić information content (AvgIpc) is 2.64. The molecular weight excluding hydrogens is 290 g/mol. The van der Waals surface area contributed by atoms with Gasteiger partial charge in [0.1, 0.15) is 0 Å². The predicted molar refractivity (Wildman–Crippen MR) is 80.2 cm³/mol. The molecule has 1 amide bonds. The van der Waals surface area contributed by atoms with E-state index in [2.05, 4.69) is 0 Å². The number of hydrogen-bond acceptors (Lipinski definition) is 4. The lowest BCUT2D eigenvalue weighted by Crippen LogP contribution is -2.38. The number of aryl methyl sites for hydroxylation is 1. The highest BCUT2D eigenvalue weighted by atomic mass is 32.2. The molecule has 0 atom stereocenters. The number of benzene rings is 1. The SMILES string of the molecule is Cc1ccccc1S(=O)(=O)N1CCCN(CC(N)=O)CC1. The summed E-state index contributed by atoms with van der Waals surface area (Å²) in [7, 11) is -3.48. The number of amides is 1. The fourth-order valence-electron chi connectivity index (χ4n) is 2.55. The van der Waals surface area contributed by atoms with Gasteiger partial charge in [0.05, 0.1) is 11.4 Å². The molecule has 0 aromatic heterocycles. The number of primary amides is 1. The van der Waals surface area contributed by atoms with Crippen molar-refractivity contribution in [3.63, 3.8) is 0 Å². The minimum Gasteiger partial charge on any atom is -0.369 e. The van der Waals surface area contributed by atoms with Crippen LogP contribution in [0.15, 0.2) is 29.2 Å². The van der Waals surface area contributed by atoms with Gasteiger partial charge in [-0.2, -0.15) is 4.31 Å². The fourth-order valence-corrected chi connectivity index (χ4v) is 4.25. The van der Waals surface area contributed by atoms with Crippen LogP contribution in [-0.4, -0.2) is 56.3 Å². The van der Waals surface area contributed by atoms with Crippen molar-refractivity contribution in [1.29, 1.82) is 0 Å². The zero-order valence-electron chi connectivity index (χ0n) is 12.2. The standard InChI is InChI=1S/C14H21N3O3S/c1-12-5-2-3-6-13(12)21(19,20)17-8-4-7-16(9-10-17)11-14(15)18/h2-3,5-6H,4,7-11H2,1H3,(H2,15,18). The van der Waals surface area contributed by atoms with Crippen LogP contribution in [0.3, 0.4) is 0 Å². The number of carbonyl (C=O) groups is 1. The molecule has 116 valence electrons. The summed E-state index contributed by atoms with van der Waals surface area (Å²) in [6.45, 7) is 4.02. The van der Waals surface area contributed by atoms with Crippen LogP contribution >= 0.6 is 0 Å². The van der Waals surface area contributed by atoms with Crippen molar-refractivity contribution in [2.24, 2.45) is 5.73 Å². The van der Waals surface area contributed by atoms with Gasteiger partial charge in [0, 0.05) is 19.6 Å². The molecule has 2 N–H and O–H groups in total. The molecule has 1 aliphatic heterocycles. The maximum atomic E-state index is 12.7. The molecule has 2 rings (SSSR count). The Morgan fingerprint density at radius 2 is 1.90 bits per heavy atom. The summed E-state index contributed by atoms with van der Waals surface area (Å²) in [4.78, 5) is 13.2. The lowest BCUT2D eigenvalue weighted by atomic mass is 10.2. The number of hydrogen-bond donors (Lipinski definition) is 1. The van der Waals surface area contributed by atoms with Gasteiger partial charge in [-0.1, -0.05) is 18.2 Å². The zero-order valence-corrected chi connectivity index (χ0v) is 13.0. The van der Waals surface area contributed by atoms with Crippen molar-refractivity contribution in [2.75, 3.05) is 32.7 Å². The van der Waals surface area contributed by atoms with Crippen molar-refractivity contribution in [2.45, 2.75) is 18.2 Å². The minimum absolute atomic E-state index is 0.179. The van der Waals surface area contributed by atoms with Gasteiger partial charge in [-0.3, -0.25) is 9.69 Å². The summed E-state index contributed by atoms with van der Waals surface area (Å²) in [5, 5.41) is 0.